The molecule has 0 radical (unpaired) electrons. The van der Waals surface area contributed by atoms with Gasteiger partial charge in [0.1, 0.15) is 11.1 Å². The van der Waals surface area contributed by atoms with Crippen molar-refractivity contribution < 1.29 is 14.7 Å². The number of halogens is 1. The highest BCUT2D eigenvalue weighted by atomic mass is 35.5. The maximum Gasteiger partial charge on any atom is 0.196 e. The summed E-state index contributed by atoms with van der Waals surface area (Å²) in [7, 11) is 0. The van der Waals surface area contributed by atoms with Crippen LogP contribution in [0, 0.1) is 0 Å². The van der Waals surface area contributed by atoms with E-state index in [1.54, 1.807) is 0 Å². The van der Waals surface area contributed by atoms with Gasteiger partial charge >= 0.3 is 0 Å². The largest absolute Gasteiger partial charge is 0.505 e. The van der Waals surface area contributed by atoms with E-state index in [9.17, 15) is 14.7 Å². The van der Waals surface area contributed by atoms with Crippen molar-refractivity contribution in [2.75, 3.05) is 0 Å². The van der Waals surface area contributed by atoms with Crippen molar-refractivity contribution in [3.05, 3.63) is 52.8 Å². The third kappa shape index (κ3) is 2.43. The van der Waals surface area contributed by atoms with Gasteiger partial charge in [-0.2, -0.15) is 0 Å². The Balaban J connectivity index is 1.94. The van der Waals surface area contributed by atoms with Crippen molar-refractivity contribution in [3.63, 3.8) is 0 Å². The zero-order valence-electron chi connectivity index (χ0n) is 14.6. The number of aliphatic hydroxyl groups is 1. The highest BCUT2D eigenvalue weighted by molar-refractivity contribution is 6.30. The summed E-state index contributed by atoms with van der Waals surface area (Å²) in [4.78, 5) is 25.3. The van der Waals surface area contributed by atoms with Crippen LogP contribution in [-0.2, 0) is 15.1 Å². The lowest BCUT2D eigenvalue weighted by molar-refractivity contribution is -0.128. The predicted molar refractivity (Wildman–Crippen MR) is 101 cm³/mol. The number of aromatic nitrogens is 1. The molecule has 1 aromatic heterocycles. The molecule has 1 aromatic carbocycles. The molecule has 2 aromatic rings. The second-order valence-electron chi connectivity index (χ2n) is 7.19. The molecule has 4 rings (SSSR count). The van der Waals surface area contributed by atoms with Gasteiger partial charge in [-0.15, -0.1) is 0 Å². The Labute approximate surface area is 157 Å². The van der Waals surface area contributed by atoms with Crippen LogP contribution in [0.25, 0.3) is 16.9 Å². The van der Waals surface area contributed by atoms with E-state index in [1.165, 1.54) is 6.92 Å². The number of hydrogen-bond acceptors (Lipinski definition) is 3. The Morgan fingerprint density at radius 1 is 1.12 bits per heavy atom. The van der Waals surface area contributed by atoms with E-state index in [0.717, 1.165) is 30.4 Å². The summed E-state index contributed by atoms with van der Waals surface area (Å²) >= 11 is 5.98. The molecule has 0 unspecified atom stereocenters. The topological polar surface area (TPSA) is 59.3 Å². The van der Waals surface area contributed by atoms with Crippen LogP contribution in [0.2, 0.25) is 5.02 Å². The minimum absolute atomic E-state index is 0.0554. The fourth-order valence-electron chi connectivity index (χ4n) is 4.31. The lowest BCUT2D eigenvalue weighted by Crippen LogP contribution is -2.48. The smallest absolute Gasteiger partial charge is 0.196 e. The van der Waals surface area contributed by atoms with Crippen LogP contribution in [0.15, 0.2) is 42.1 Å². The van der Waals surface area contributed by atoms with Crippen LogP contribution in [-0.4, -0.2) is 21.2 Å². The molecule has 0 amide bonds. The van der Waals surface area contributed by atoms with E-state index in [4.69, 9.17) is 11.6 Å². The molecule has 1 fully saturated rings. The molecule has 26 heavy (non-hydrogen) atoms. The first-order valence-corrected chi connectivity index (χ1v) is 9.30. The zero-order chi connectivity index (χ0) is 18.5. The Morgan fingerprint density at radius 3 is 2.38 bits per heavy atom. The Hall–Kier alpha value is -2.33. The summed E-state index contributed by atoms with van der Waals surface area (Å²) in [5.74, 6) is -0.829. The van der Waals surface area contributed by atoms with E-state index in [0.29, 0.717) is 23.6 Å². The van der Waals surface area contributed by atoms with Crippen molar-refractivity contribution in [2.45, 2.75) is 44.6 Å². The van der Waals surface area contributed by atoms with Crippen molar-refractivity contribution >= 4 is 28.9 Å². The number of rotatable bonds is 2. The van der Waals surface area contributed by atoms with Crippen LogP contribution < -0.4 is 0 Å². The summed E-state index contributed by atoms with van der Waals surface area (Å²) in [5, 5.41) is 11.3. The van der Waals surface area contributed by atoms with Crippen LogP contribution in [0.3, 0.4) is 0 Å². The van der Waals surface area contributed by atoms with Crippen LogP contribution >= 0.6 is 11.6 Å². The molecule has 0 atom stereocenters. The minimum atomic E-state index is -0.758. The number of nitrogens with zero attached hydrogens (tertiary/aromatic N) is 1. The molecule has 0 saturated heterocycles. The fourth-order valence-corrected chi connectivity index (χ4v) is 4.43. The Kier molecular flexibility index (Phi) is 4.03. The zero-order valence-corrected chi connectivity index (χ0v) is 15.3. The van der Waals surface area contributed by atoms with Gasteiger partial charge in [0.15, 0.2) is 17.3 Å². The average Bonchev–Trinajstić information content (AvgIpc) is 3.08. The number of aliphatic hydroxyl groups excluding tert-OH is 1. The first kappa shape index (κ1) is 17.1. The Bertz CT molecular complexity index is 931. The van der Waals surface area contributed by atoms with Gasteiger partial charge in [0.05, 0.1) is 5.69 Å². The van der Waals surface area contributed by atoms with E-state index < -0.39 is 5.54 Å². The molecule has 1 saturated carbocycles. The number of Topliss-reactive ketones (excluding diaryl/α,β-unsaturated/α-hetero) is 2. The summed E-state index contributed by atoms with van der Waals surface area (Å²) in [5.41, 5.74) is 1.57. The molecular formula is C21H20ClNO3. The molecule has 1 aliphatic heterocycles. The van der Waals surface area contributed by atoms with E-state index in [2.05, 4.69) is 0 Å². The number of fused-ring (bicyclic) bond motifs is 2. The molecular weight excluding hydrogens is 350 g/mol. The van der Waals surface area contributed by atoms with Gasteiger partial charge in [-0.1, -0.05) is 43.0 Å². The molecule has 1 N–H and O–H groups in total. The average molecular weight is 370 g/mol. The molecule has 0 bridgehead atoms. The number of ketones is 2. The molecule has 5 heteroatoms. The van der Waals surface area contributed by atoms with E-state index in [1.807, 2.05) is 41.1 Å². The van der Waals surface area contributed by atoms with Crippen molar-refractivity contribution in [1.29, 1.82) is 0 Å². The molecule has 1 spiro atoms. The van der Waals surface area contributed by atoms with E-state index >= 15 is 0 Å². The van der Waals surface area contributed by atoms with Crippen molar-refractivity contribution in [2.24, 2.45) is 0 Å². The van der Waals surface area contributed by atoms with Gasteiger partial charge in [-0.25, -0.2) is 0 Å². The lowest BCUT2D eigenvalue weighted by Gasteiger charge is -2.41. The summed E-state index contributed by atoms with van der Waals surface area (Å²) in [6, 6.07) is 9.29. The quantitative estimate of drug-likeness (QED) is 0.765. The van der Waals surface area contributed by atoms with Crippen LogP contribution in [0.5, 0.6) is 0 Å². The first-order chi connectivity index (χ1) is 12.4. The Morgan fingerprint density at radius 2 is 1.77 bits per heavy atom. The van der Waals surface area contributed by atoms with Crippen LogP contribution in [0.4, 0.5) is 0 Å². The van der Waals surface area contributed by atoms with E-state index in [-0.39, 0.29) is 22.9 Å². The standard InChI is InChI=1S/C21H20ClNO3/c1-13(24)18-19(25)17-11-15(14-5-7-16(22)8-6-14)12-23(17)21(20(18)26)9-3-2-4-10-21/h5-8,11-12,25H,2-4,9-10H2,1H3. The van der Waals surface area contributed by atoms with Crippen molar-refractivity contribution in [3.8, 4) is 11.1 Å². The summed E-state index contributed by atoms with van der Waals surface area (Å²) in [6.07, 6.45) is 6.27. The number of benzene rings is 1. The maximum atomic E-state index is 13.2. The second-order valence-corrected chi connectivity index (χ2v) is 7.63. The summed E-state index contributed by atoms with van der Waals surface area (Å²) in [6.45, 7) is 1.35. The van der Waals surface area contributed by atoms with Gasteiger partial charge in [0.2, 0.25) is 0 Å². The van der Waals surface area contributed by atoms with Gasteiger partial charge < -0.3 is 9.67 Å². The molecule has 134 valence electrons. The molecule has 2 heterocycles. The normalized spacial score (nSPS) is 18.9. The number of carbonyl (C=O) groups excluding carboxylic acids is 2. The lowest BCUT2D eigenvalue weighted by atomic mass is 9.73. The predicted octanol–water partition coefficient (Wildman–Crippen LogP) is 4.91. The maximum absolute atomic E-state index is 13.2. The fraction of sp³-hybridized carbons (Fsp3) is 0.333. The van der Waals surface area contributed by atoms with Gasteiger partial charge in [-0.3, -0.25) is 9.59 Å². The number of carbonyl (C=O) groups is 2. The highest BCUT2D eigenvalue weighted by Crippen LogP contribution is 2.45. The van der Waals surface area contributed by atoms with Gasteiger partial charge in [0.25, 0.3) is 0 Å². The van der Waals surface area contributed by atoms with Crippen molar-refractivity contribution in [1.82, 2.24) is 4.57 Å². The number of allylic oxidation sites excluding steroid dienone is 1. The highest BCUT2D eigenvalue weighted by Gasteiger charge is 2.49. The SMILES string of the molecule is CC(=O)C1=C(O)c2cc(-c3ccc(Cl)cc3)cn2C2(CCCCC2)C1=O. The molecule has 4 nitrogen and oxygen atoms in total. The van der Waals surface area contributed by atoms with Gasteiger partial charge in [0, 0.05) is 16.8 Å². The minimum Gasteiger partial charge on any atom is -0.505 e. The monoisotopic (exact) mass is 369 g/mol. The second kappa shape index (κ2) is 6.13. The third-order valence-corrected chi connectivity index (χ3v) is 5.87. The molecule has 2 aliphatic rings. The number of hydrogen-bond donors (Lipinski definition) is 1. The first-order valence-electron chi connectivity index (χ1n) is 8.92. The van der Waals surface area contributed by atoms with Crippen LogP contribution in [0.1, 0.15) is 44.7 Å². The summed E-state index contributed by atoms with van der Waals surface area (Å²) < 4.78 is 1.90. The molecule has 1 aliphatic carbocycles. The van der Waals surface area contributed by atoms with Gasteiger partial charge in [-0.05, 0) is 43.5 Å². The third-order valence-electron chi connectivity index (χ3n) is 5.62.